The molecule has 0 saturated carbocycles. The smallest absolute Gasteiger partial charge is 0.129 e. The molecule has 0 unspecified atom stereocenters. The number of rotatable bonds is 4. The summed E-state index contributed by atoms with van der Waals surface area (Å²) in [6.45, 7) is 0. The maximum absolute atomic E-state index is 5.17. The van der Waals surface area contributed by atoms with Crippen LogP contribution in [-0.2, 0) is 0 Å². The fourth-order valence-electron chi connectivity index (χ4n) is 2.11. The summed E-state index contributed by atoms with van der Waals surface area (Å²) in [6.07, 6.45) is 7.55. The lowest BCUT2D eigenvalue weighted by molar-refractivity contribution is 0.415. The molecule has 2 aromatic carbocycles. The van der Waals surface area contributed by atoms with E-state index in [0.717, 1.165) is 17.1 Å². The second-order valence-corrected chi connectivity index (χ2v) is 4.66. The van der Waals surface area contributed by atoms with E-state index < -0.39 is 0 Å². The Bertz CT molecular complexity index is 711. The van der Waals surface area contributed by atoms with Crippen LogP contribution in [0.4, 0.5) is 0 Å². The van der Waals surface area contributed by atoms with E-state index in [9.17, 15) is 0 Å². The van der Waals surface area contributed by atoms with E-state index in [2.05, 4.69) is 46.4 Å². The van der Waals surface area contributed by atoms with Crippen molar-refractivity contribution in [2.75, 3.05) is 7.11 Å². The fraction of sp³-hybridized carbons (Fsp3) is 0.0556. The lowest BCUT2D eigenvalue weighted by atomic mass is 10.0. The molecule has 3 nitrogen and oxygen atoms in total. The number of benzene rings is 2. The van der Waals surface area contributed by atoms with Crippen LogP contribution in [0, 0.1) is 0 Å². The summed E-state index contributed by atoms with van der Waals surface area (Å²) in [7, 11) is 1.68. The van der Waals surface area contributed by atoms with E-state index in [1.54, 1.807) is 13.3 Å². The minimum absolute atomic E-state index is 0.856. The van der Waals surface area contributed by atoms with Crippen LogP contribution < -0.4 is 4.74 Å². The van der Waals surface area contributed by atoms with Crippen molar-refractivity contribution in [3.8, 4) is 16.9 Å². The first-order chi connectivity index (χ1) is 10.3. The van der Waals surface area contributed by atoms with Gasteiger partial charge in [-0.15, -0.1) is 0 Å². The fourth-order valence-corrected chi connectivity index (χ4v) is 2.11. The van der Waals surface area contributed by atoms with Crippen molar-refractivity contribution in [2.24, 2.45) is 0 Å². The number of nitrogens with zero attached hydrogens (tertiary/aromatic N) is 1. The number of aromatic amines is 1. The van der Waals surface area contributed by atoms with Crippen LogP contribution in [0.5, 0.6) is 5.75 Å². The van der Waals surface area contributed by atoms with Gasteiger partial charge in [0.2, 0.25) is 0 Å². The molecule has 0 amide bonds. The van der Waals surface area contributed by atoms with Gasteiger partial charge >= 0.3 is 0 Å². The van der Waals surface area contributed by atoms with Gasteiger partial charge in [0.25, 0.3) is 0 Å². The van der Waals surface area contributed by atoms with E-state index in [0.29, 0.717) is 0 Å². The average molecular weight is 276 g/mol. The minimum atomic E-state index is 0.856. The summed E-state index contributed by atoms with van der Waals surface area (Å²) >= 11 is 0. The van der Waals surface area contributed by atoms with Crippen LogP contribution in [0.25, 0.3) is 23.3 Å². The lowest BCUT2D eigenvalue weighted by Crippen LogP contribution is -1.83. The van der Waals surface area contributed by atoms with Gasteiger partial charge in [0.15, 0.2) is 0 Å². The Hall–Kier alpha value is -2.81. The van der Waals surface area contributed by atoms with Gasteiger partial charge in [0.1, 0.15) is 11.6 Å². The van der Waals surface area contributed by atoms with Gasteiger partial charge in [-0.2, -0.15) is 0 Å². The van der Waals surface area contributed by atoms with Gasteiger partial charge in [-0.25, -0.2) is 4.98 Å². The third-order valence-electron chi connectivity index (χ3n) is 3.29. The third kappa shape index (κ3) is 3.20. The second-order valence-electron chi connectivity index (χ2n) is 4.66. The van der Waals surface area contributed by atoms with Crippen molar-refractivity contribution in [1.29, 1.82) is 0 Å². The molecule has 0 spiro atoms. The molecule has 0 aliphatic rings. The number of hydrogen-bond donors (Lipinski definition) is 1. The van der Waals surface area contributed by atoms with E-state index in [-0.39, 0.29) is 0 Å². The molecule has 0 aliphatic heterocycles. The van der Waals surface area contributed by atoms with Gasteiger partial charge in [-0.05, 0) is 34.9 Å². The molecule has 104 valence electrons. The topological polar surface area (TPSA) is 37.9 Å². The lowest BCUT2D eigenvalue weighted by Gasteiger charge is -2.04. The molecular weight excluding hydrogens is 260 g/mol. The van der Waals surface area contributed by atoms with Crippen LogP contribution in [0.3, 0.4) is 0 Å². The maximum atomic E-state index is 5.17. The standard InChI is InChI=1S/C18H16N2O/c1-21-17-9-7-16(8-10-17)15-5-2-14(3-6-15)4-11-18-19-12-13-20-18/h2-13H,1H3,(H,19,20)/b11-4+. The van der Waals surface area contributed by atoms with Crippen molar-refractivity contribution >= 4 is 12.2 Å². The summed E-state index contributed by atoms with van der Waals surface area (Å²) < 4.78 is 5.17. The molecule has 1 N–H and O–H groups in total. The maximum Gasteiger partial charge on any atom is 0.129 e. The Labute approximate surface area is 123 Å². The molecular formula is C18H16N2O. The van der Waals surface area contributed by atoms with Crippen molar-refractivity contribution < 1.29 is 4.74 Å². The zero-order valence-electron chi connectivity index (χ0n) is 11.8. The van der Waals surface area contributed by atoms with E-state index >= 15 is 0 Å². The van der Waals surface area contributed by atoms with Crippen LogP contribution >= 0.6 is 0 Å². The summed E-state index contributed by atoms with van der Waals surface area (Å²) in [4.78, 5) is 7.20. The molecule has 3 aromatic rings. The van der Waals surface area contributed by atoms with Crippen molar-refractivity contribution in [3.63, 3.8) is 0 Å². The number of methoxy groups -OCH3 is 1. The van der Waals surface area contributed by atoms with E-state index in [1.807, 2.05) is 30.5 Å². The summed E-state index contributed by atoms with van der Waals surface area (Å²) in [6, 6.07) is 16.5. The highest BCUT2D eigenvalue weighted by Crippen LogP contribution is 2.23. The molecule has 3 heteroatoms. The summed E-state index contributed by atoms with van der Waals surface area (Å²) in [5.41, 5.74) is 3.51. The van der Waals surface area contributed by atoms with Crippen LogP contribution in [0.1, 0.15) is 11.4 Å². The SMILES string of the molecule is COc1ccc(-c2ccc(/C=C/c3ncc[nH]3)cc2)cc1. The molecule has 1 heterocycles. The second kappa shape index (κ2) is 6.09. The largest absolute Gasteiger partial charge is 0.497 e. The first-order valence-electron chi connectivity index (χ1n) is 6.77. The molecule has 0 radical (unpaired) electrons. The Morgan fingerprint density at radius 2 is 1.57 bits per heavy atom. The number of H-pyrrole nitrogens is 1. The number of nitrogens with one attached hydrogen (secondary N) is 1. The number of hydrogen-bond acceptors (Lipinski definition) is 2. The Kier molecular flexibility index (Phi) is 3.83. The first-order valence-corrected chi connectivity index (χ1v) is 6.77. The van der Waals surface area contributed by atoms with Gasteiger partial charge < -0.3 is 9.72 Å². The minimum Gasteiger partial charge on any atom is -0.497 e. The molecule has 0 aliphatic carbocycles. The third-order valence-corrected chi connectivity index (χ3v) is 3.29. The number of ether oxygens (including phenoxy) is 1. The monoisotopic (exact) mass is 276 g/mol. The summed E-state index contributed by atoms with van der Waals surface area (Å²) in [5.74, 6) is 1.73. The molecule has 3 rings (SSSR count). The van der Waals surface area contributed by atoms with E-state index in [4.69, 9.17) is 4.74 Å². The molecule has 1 aromatic heterocycles. The number of imidazole rings is 1. The van der Waals surface area contributed by atoms with Gasteiger partial charge in [0, 0.05) is 12.4 Å². The first kappa shape index (κ1) is 13.2. The van der Waals surface area contributed by atoms with Gasteiger partial charge in [-0.1, -0.05) is 42.5 Å². The van der Waals surface area contributed by atoms with Gasteiger partial charge in [0.05, 0.1) is 7.11 Å². The van der Waals surface area contributed by atoms with Crippen molar-refractivity contribution in [3.05, 3.63) is 72.3 Å². The normalized spacial score (nSPS) is 10.9. The van der Waals surface area contributed by atoms with Crippen LogP contribution in [-0.4, -0.2) is 17.1 Å². The Balaban J connectivity index is 1.77. The zero-order chi connectivity index (χ0) is 14.5. The quantitative estimate of drug-likeness (QED) is 0.773. The molecule has 0 fully saturated rings. The van der Waals surface area contributed by atoms with Crippen molar-refractivity contribution in [2.45, 2.75) is 0 Å². The highest BCUT2D eigenvalue weighted by molar-refractivity contribution is 5.70. The Morgan fingerprint density at radius 3 is 2.14 bits per heavy atom. The molecule has 0 atom stereocenters. The predicted octanol–water partition coefficient (Wildman–Crippen LogP) is 4.26. The molecule has 0 bridgehead atoms. The predicted molar refractivity (Wildman–Crippen MR) is 85.9 cm³/mol. The highest BCUT2D eigenvalue weighted by atomic mass is 16.5. The van der Waals surface area contributed by atoms with Crippen LogP contribution in [0.2, 0.25) is 0 Å². The molecule has 0 saturated heterocycles. The average Bonchev–Trinajstić information content (AvgIpc) is 3.07. The zero-order valence-corrected chi connectivity index (χ0v) is 11.8. The Morgan fingerprint density at radius 1 is 0.905 bits per heavy atom. The van der Waals surface area contributed by atoms with Gasteiger partial charge in [-0.3, -0.25) is 0 Å². The highest BCUT2D eigenvalue weighted by Gasteiger charge is 1.98. The van der Waals surface area contributed by atoms with Crippen molar-refractivity contribution in [1.82, 2.24) is 9.97 Å². The number of aromatic nitrogens is 2. The summed E-state index contributed by atoms with van der Waals surface area (Å²) in [5, 5.41) is 0. The van der Waals surface area contributed by atoms with E-state index in [1.165, 1.54) is 11.1 Å². The molecule has 21 heavy (non-hydrogen) atoms. The van der Waals surface area contributed by atoms with Crippen LogP contribution in [0.15, 0.2) is 60.9 Å².